The number of amides is 1. The molecule has 3 aromatic rings. The minimum absolute atomic E-state index is 0.103. The average Bonchev–Trinajstić information content (AvgIpc) is 3.39. The normalized spacial score (nSPS) is 12.8. The minimum atomic E-state index is -0.375. The molecule has 1 aliphatic rings. The Balaban J connectivity index is 1.52. The largest absolute Gasteiger partial charge is 0.493 e. The first-order valence-corrected chi connectivity index (χ1v) is 14.3. The smallest absolute Gasteiger partial charge is 0.341 e. The van der Waals surface area contributed by atoms with Gasteiger partial charge in [-0.1, -0.05) is 24.3 Å². The van der Waals surface area contributed by atoms with Crippen molar-refractivity contribution in [3.05, 3.63) is 46.9 Å². The molecule has 11 heteroatoms. The number of anilines is 1. The van der Waals surface area contributed by atoms with Crippen molar-refractivity contribution in [1.82, 2.24) is 14.8 Å². The molecule has 2 aromatic heterocycles. The summed E-state index contributed by atoms with van der Waals surface area (Å²) in [6.45, 7) is 6.39. The summed E-state index contributed by atoms with van der Waals surface area (Å²) in [6, 6.07) is 5.52. The third kappa shape index (κ3) is 6.05. The number of ether oxygens (including phenoxy) is 3. The van der Waals surface area contributed by atoms with Crippen LogP contribution in [0.25, 0.3) is 11.4 Å². The Kier molecular flexibility index (Phi) is 9.46. The van der Waals surface area contributed by atoms with Crippen molar-refractivity contribution in [2.45, 2.75) is 50.7 Å². The van der Waals surface area contributed by atoms with Gasteiger partial charge in [-0.2, -0.15) is 0 Å². The van der Waals surface area contributed by atoms with Gasteiger partial charge >= 0.3 is 5.97 Å². The van der Waals surface area contributed by atoms with Crippen LogP contribution in [0.4, 0.5) is 5.00 Å². The van der Waals surface area contributed by atoms with Gasteiger partial charge in [-0.05, 0) is 56.4 Å². The molecule has 9 nitrogen and oxygen atoms in total. The number of hydrogen-bond acceptors (Lipinski definition) is 9. The molecule has 1 aromatic carbocycles. The zero-order valence-electron chi connectivity index (χ0n) is 21.9. The van der Waals surface area contributed by atoms with Gasteiger partial charge in [-0.3, -0.25) is 9.36 Å². The summed E-state index contributed by atoms with van der Waals surface area (Å²) in [5, 5.41) is 12.8. The predicted molar refractivity (Wildman–Crippen MR) is 150 cm³/mol. The molecule has 0 spiro atoms. The molecule has 1 aliphatic carbocycles. The highest BCUT2D eigenvalue weighted by atomic mass is 32.2. The quantitative estimate of drug-likeness (QED) is 0.145. The van der Waals surface area contributed by atoms with Crippen LogP contribution in [-0.2, 0) is 28.9 Å². The molecule has 202 valence electrons. The Morgan fingerprint density at radius 1 is 1.16 bits per heavy atom. The van der Waals surface area contributed by atoms with Crippen molar-refractivity contribution in [2.75, 3.05) is 31.9 Å². The van der Waals surface area contributed by atoms with E-state index in [-0.39, 0.29) is 24.2 Å². The monoisotopic (exact) mass is 556 g/mol. The van der Waals surface area contributed by atoms with Gasteiger partial charge in [0.05, 0.1) is 32.1 Å². The van der Waals surface area contributed by atoms with Crippen molar-refractivity contribution in [2.24, 2.45) is 0 Å². The maximum Gasteiger partial charge on any atom is 0.341 e. The molecule has 0 radical (unpaired) electrons. The number of carbonyl (C=O) groups is 2. The number of rotatable bonds is 11. The van der Waals surface area contributed by atoms with Crippen LogP contribution in [0.15, 0.2) is 36.0 Å². The van der Waals surface area contributed by atoms with E-state index in [0.717, 1.165) is 43.2 Å². The van der Waals surface area contributed by atoms with E-state index in [1.807, 2.05) is 22.8 Å². The number of fused-ring (bicyclic) bond motifs is 1. The number of allylic oxidation sites excluding steroid dienone is 1. The van der Waals surface area contributed by atoms with E-state index in [1.165, 1.54) is 28.0 Å². The Bertz CT molecular complexity index is 1320. The summed E-state index contributed by atoms with van der Waals surface area (Å²) in [6.07, 6.45) is 6.75. The summed E-state index contributed by atoms with van der Waals surface area (Å²) < 4.78 is 18.0. The highest BCUT2D eigenvalue weighted by molar-refractivity contribution is 7.99. The fraction of sp³-hybridized carbons (Fsp3) is 0.407. The second-order valence-corrected chi connectivity index (χ2v) is 10.6. The lowest BCUT2D eigenvalue weighted by Crippen LogP contribution is -2.17. The lowest BCUT2D eigenvalue weighted by molar-refractivity contribution is -0.113. The standard InChI is InChI=1S/C27H32N4O5S2/c1-5-14-31-24(17-12-13-19(34-3)20(15-17)35-4)29-30-27(31)37-16-22(32)28-25-23(26(33)36-6-2)18-10-8-7-9-11-21(18)38-25/h5,12-13,15H,1,6-11,14,16H2,2-4H3,(H,28,32). The fourth-order valence-corrected chi connectivity index (χ4v) is 6.46. The molecule has 0 atom stereocenters. The van der Waals surface area contributed by atoms with Crippen molar-refractivity contribution in [1.29, 1.82) is 0 Å². The molecule has 1 amide bonds. The van der Waals surface area contributed by atoms with E-state index in [4.69, 9.17) is 14.2 Å². The van der Waals surface area contributed by atoms with Crippen LogP contribution in [0.1, 0.15) is 47.0 Å². The molecule has 0 unspecified atom stereocenters. The Morgan fingerprint density at radius 3 is 2.68 bits per heavy atom. The van der Waals surface area contributed by atoms with Crippen molar-refractivity contribution in [3.63, 3.8) is 0 Å². The third-order valence-corrected chi connectivity index (χ3v) is 8.33. The molecule has 2 heterocycles. The summed E-state index contributed by atoms with van der Waals surface area (Å²) >= 11 is 2.76. The first-order chi connectivity index (χ1) is 18.5. The minimum Gasteiger partial charge on any atom is -0.493 e. The van der Waals surface area contributed by atoms with E-state index < -0.39 is 0 Å². The van der Waals surface area contributed by atoms with Crippen molar-refractivity contribution in [3.8, 4) is 22.9 Å². The van der Waals surface area contributed by atoms with Gasteiger partial charge < -0.3 is 19.5 Å². The molecule has 1 N–H and O–H groups in total. The van der Waals surface area contributed by atoms with E-state index in [2.05, 4.69) is 22.1 Å². The van der Waals surface area contributed by atoms with Gasteiger partial charge in [0, 0.05) is 17.0 Å². The second-order valence-electron chi connectivity index (χ2n) is 8.60. The van der Waals surface area contributed by atoms with Gasteiger partial charge in [0.2, 0.25) is 5.91 Å². The topological polar surface area (TPSA) is 105 Å². The number of aryl methyl sites for hydroxylation is 1. The summed E-state index contributed by atoms with van der Waals surface area (Å²) in [4.78, 5) is 27.0. The number of aromatic nitrogens is 3. The van der Waals surface area contributed by atoms with Crippen LogP contribution in [-0.4, -0.2) is 53.2 Å². The van der Waals surface area contributed by atoms with E-state index in [9.17, 15) is 9.59 Å². The maximum absolute atomic E-state index is 13.0. The molecule has 0 saturated heterocycles. The highest BCUT2D eigenvalue weighted by Crippen LogP contribution is 2.38. The van der Waals surface area contributed by atoms with Gasteiger partial charge in [0.25, 0.3) is 0 Å². The van der Waals surface area contributed by atoms with E-state index in [1.54, 1.807) is 27.2 Å². The predicted octanol–water partition coefficient (Wildman–Crippen LogP) is 5.39. The van der Waals surface area contributed by atoms with Crippen LogP contribution < -0.4 is 14.8 Å². The number of esters is 1. The number of nitrogens with one attached hydrogen (secondary N) is 1. The summed E-state index contributed by atoms with van der Waals surface area (Å²) in [5.74, 6) is 1.33. The van der Waals surface area contributed by atoms with Gasteiger partial charge in [0.1, 0.15) is 5.00 Å². The van der Waals surface area contributed by atoms with Crippen LogP contribution in [0.5, 0.6) is 11.5 Å². The molecule has 4 rings (SSSR count). The number of thiophene rings is 1. The number of nitrogens with zero attached hydrogens (tertiary/aromatic N) is 3. The lowest BCUT2D eigenvalue weighted by atomic mass is 10.1. The molecule has 0 aliphatic heterocycles. The number of carbonyl (C=O) groups excluding carboxylic acids is 2. The lowest BCUT2D eigenvalue weighted by Gasteiger charge is -2.11. The van der Waals surface area contributed by atoms with Crippen molar-refractivity contribution >= 4 is 40.0 Å². The molecule has 0 saturated carbocycles. The van der Waals surface area contributed by atoms with Gasteiger partial charge in [-0.15, -0.1) is 28.1 Å². The maximum atomic E-state index is 13.0. The highest BCUT2D eigenvalue weighted by Gasteiger charge is 2.27. The van der Waals surface area contributed by atoms with Crippen LogP contribution in [0.2, 0.25) is 0 Å². The van der Waals surface area contributed by atoms with Gasteiger partial charge in [-0.25, -0.2) is 4.79 Å². The Morgan fingerprint density at radius 2 is 1.95 bits per heavy atom. The number of thioether (sulfide) groups is 1. The fourth-order valence-electron chi connectivity index (χ4n) is 4.42. The SMILES string of the molecule is C=CCn1c(SCC(=O)Nc2sc3c(c2C(=O)OCC)CCCCC3)nnc1-c1ccc(OC)c(OC)c1. The van der Waals surface area contributed by atoms with Crippen LogP contribution >= 0.6 is 23.1 Å². The summed E-state index contributed by atoms with van der Waals surface area (Å²) in [7, 11) is 3.16. The summed E-state index contributed by atoms with van der Waals surface area (Å²) in [5.41, 5.74) is 2.34. The molecule has 0 fully saturated rings. The first-order valence-electron chi connectivity index (χ1n) is 12.5. The Hall–Kier alpha value is -3.31. The zero-order chi connectivity index (χ0) is 27.1. The van der Waals surface area contributed by atoms with Crippen molar-refractivity contribution < 1.29 is 23.8 Å². The van der Waals surface area contributed by atoms with Gasteiger partial charge in [0.15, 0.2) is 22.5 Å². The molecular weight excluding hydrogens is 524 g/mol. The molecule has 38 heavy (non-hydrogen) atoms. The zero-order valence-corrected chi connectivity index (χ0v) is 23.5. The third-order valence-electron chi connectivity index (χ3n) is 6.16. The first kappa shape index (κ1) is 27.7. The second kappa shape index (κ2) is 13.0. The number of methoxy groups -OCH3 is 2. The number of hydrogen-bond donors (Lipinski definition) is 1. The Labute approximate surface area is 230 Å². The molecule has 0 bridgehead atoms. The molecular formula is C27H32N4O5S2. The van der Waals surface area contributed by atoms with E-state index >= 15 is 0 Å². The van der Waals surface area contributed by atoms with Crippen LogP contribution in [0, 0.1) is 0 Å². The van der Waals surface area contributed by atoms with E-state index in [0.29, 0.717) is 39.6 Å². The number of benzene rings is 1. The average molecular weight is 557 g/mol. The van der Waals surface area contributed by atoms with Crippen LogP contribution in [0.3, 0.4) is 0 Å².